The number of ether oxygens (including phenoxy) is 2. The lowest BCUT2D eigenvalue weighted by Crippen LogP contribution is -2.28. The molecule has 0 saturated carbocycles. The van der Waals surface area contributed by atoms with Crippen molar-refractivity contribution in [3.05, 3.63) is 70.2 Å². The second kappa shape index (κ2) is 9.96. The lowest BCUT2D eigenvalue weighted by molar-refractivity contribution is -0.134. The maximum Gasteiger partial charge on any atom is 0.338 e. The van der Waals surface area contributed by atoms with E-state index in [1.807, 2.05) is 0 Å². The van der Waals surface area contributed by atoms with Gasteiger partial charge in [-0.15, -0.1) is 0 Å². The molecule has 11 heteroatoms. The lowest BCUT2D eigenvalue weighted by Gasteiger charge is -2.16. The number of thioether (sulfide) groups is 1. The molecule has 4 rings (SSSR count). The van der Waals surface area contributed by atoms with Crippen LogP contribution in [0.1, 0.15) is 43.3 Å². The fourth-order valence-electron chi connectivity index (χ4n) is 3.52. The Morgan fingerprint density at radius 2 is 1.91 bits per heavy atom. The highest BCUT2D eigenvalue weighted by Gasteiger charge is 2.36. The molecule has 3 amide bonds. The fraction of sp³-hybridized carbons (Fsp3) is 0.261. The molecule has 1 saturated heterocycles. The first-order valence-corrected chi connectivity index (χ1v) is 11.3. The normalized spacial score (nSPS) is 16.4. The Morgan fingerprint density at radius 3 is 2.65 bits per heavy atom. The van der Waals surface area contributed by atoms with Crippen LogP contribution in [0.25, 0.3) is 0 Å². The molecule has 3 heterocycles. The Balaban J connectivity index is 1.34. The van der Waals surface area contributed by atoms with Gasteiger partial charge in [-0.3, -0.25) is 19.3 Å². The zero-order chi connectivity index (χ0) is 24.2. The molecule has 1 fully saturated rings. The van der Waals surface area contributed by atoms with Crippen LogP contribution in [0.15, 0.2) is 52.1 Å². The molecule has 0 aliphatic carbocycles. The van der Waals surface area contributed by atoms with Gasteiger partial charge < -0.3 is 18.8 Å². The van der Waals surface area contributed by atoms with E-state index in [4.69, 9.17) is 9.15 Å². The number of hydrogen-bond donors (Lipinski definition) is 0. The molecule has 1 aromatic heterocycles. The molecule has 0 radical (unpaired) electrons. The molecule has 176 valence electrons. The fourth-order valence-corrected chi connectivity index (χ4v) is 4.47. The van der Waals surface area contributed by atoms with Crippen molar-refractivity contribution >= 4 is 41.4 Å². The molecule has 0 spiro atoms. The van der Waals surface area contributed by atoms with Crippen LogP contribution in [0.4, 0.5) is 0 Å². The maximum atomic E-state index is 12.7. The van der Waals surface area contributed by atoms with E-state index in [0.717, 1.165) is 4.90 Å². The van der Waals surface area contributed by atoms with Crippen LogP contribution < -0.4 is 0 Å². The third-order valence-electron chi connectivity index (χ3n) is 5.21. The van der Waals surface area contributed by atoms with Gasteiger partial charge in [0.15, 0.2) is 0 Å². The minimum atomic E-state index is -0.653. The van der Waals surface area contributed by atoms with Gasteiger partial charge in [-0.2, -0.15) is 0 Å². The number of furan rings is 1. The highest BCUT2D eigenvalue weighted by Crippen LogP contribution is 2.29. The zero-order valence-electron chi connectivity index (χ0n) is 18.1. The zero-order valence-corrected chi connectivity index (χ0v) is 19.0. The maximum absolute atomic E-state index is 12.7. The molecule has 0 unspecified atom stereocenters. The summed E-state index contributed by atoms with van der Waals surface area (Å²) in [5.74, 6) is -1.63. The number of nitrogens with zero attached hydrogens (tertiary/aromatic N) is 2. The van der Waals surface area contributed by atoms with E-state index in [1.54, 1.807) is 12.1 Å². The Bertz CT molecular complexity index is 1190. The van der Waals surface area contributed by atoms with Crippen molar-refractivity contribution in [2.45, 2.75) is 13.0 Å². The molecule has 0 bridgehead atoms. The molecule has 2 aliphatic heterocycles. The van der Waals surface area contributed by atoms with Gasteiger partial charge >= 0.3 is 11.9 Å². The Labute approximate surface area is 198 Å². The van der Waals surface area contributed by atoms with Gasteiger partial charge in [-0.1, -0.05) is 11.8 Å². The van der Waals surface area contributed by atoms with Crippen molar-refractivity contribution in [2.75, 3.05) is 26.0 Å². The van der Waals surface area contributed by atoms with E-state index < -0.39 is 23.8 Å². The lowest BCUT2D eigenvalue weighted by atomic mass is 10.1. The number of carbonyl (C=O) groups is 5. The molecular weight excluding hydrogens is 464 g/mol. The summed E-state index contributed by atoms with van der Waals surface area (Å²) in [7, 11) is 1.25. The largest absolute Gasteiger partial charge is 0.467 e. The Morgan fingerprint density at radius 1 is 1.12 bits per heavy atom. The molecule has 10 nitrogen and oxygen atoms in total. The number of hydrogen-bond acceptors (Lipinski definition) is 9. The molecule has 0 N–H and O–H groups in total. The number of imide groups is 1. The van der Waals surface area contributed by atoms with Crippen molar-refractivity contribution in [1.29, 1.82) is 0 Å². The van der Waals surface area contributed by atoms with Crippen molar-refractivity contribution in [1.82, 2.24) is 9.80 Å². The number of benzene rings is 1. The van der Waals surface area contributed by atoms with Crippen LogP contribution in [0.5, 0.6) is 0 Å². The summed E-state index contributed by atoms with van der Waals surface area (Å²) in [5.41, 5.74) is 0.477. The van der Waals surface area contributed by atoms with E-state index in [2.05, 4.69) is 4.74 Å². The first-order valence-electron chi connectivity index (χ1n) is 10.3. The Kier molecular flexibility index (Phi) is 6.82. The first-order chi connectivity index (χ1) is 16.4. The SMILES string of the molecule is COC(=O)/C=C1/SCC(=O)N1CCCOC(=O)c1ccc2c(c1)C(=O)N(Cc1ccco1)C2=O. The summed E-state index contributed by atoms with van der Waals surface area (Å²) < 4.78 is 15.1. The number of rotatable bonds is 8. The summed E-state index contributed by atoms with van der Waals surface area (Å²) in [6.07, 6.45) is 3.05. The molecule has 2 aliphatic rings. The van der Waals surface area contributed by atoms with Crippen molar-refractivity contribution in [3.63, 3.8) is 0 Å². The van der Waals surface area contributed by atoms with Gasteiger partial charge in [0.05, 0.1) is 60.1 Å². The van der Waals surface area contributed by atoms with Crippen LogP contribution in [0.2, 0.25) is 0 Å². The summed E-state index contributed by atoms with van der Waals surface area (Å²) in [4.78, 5) is 63.7. The smallest absolute Gasteiger partial charge is 0.338 e. The van der Waals surface area contributed by atoms with Crippen LogP contribution in [-0.4, -0.2) is 65.5 Å². The minimum Gasteiger partial charge on any atom is -0.467 e. The number of esters is 2. The predicted molar refractivity (Wildman–Crippen MR) is 119 cm³/mol. The van der Waals surface area contributed by atoms with E-state index in [-0.39, 0.29) is 48.0 Å². The van der Waals surface area contributed by atoms with Gasteiger partial charge in [0.1, 0.15) is 5.76 Å². The summed E-state index contributed by atoms with van der Waals surface area (Å²) >= 11 is 1.24. The van der Waals surface area contributed by atoms with Crippen molar-refractivity contribution in [3.8, 4) is 0 Å². The van der Waals surface area contributed by atoms with Crippen LogP contribution in [0, 0.1) is 0 Å². The predicted octanol–water partition coefficient (Wildman–Crippen LogP) is 2.21. The number of fused-ring (bicyclic) bond motifs is 1. The molecule has 34 heavy (non-hydrogen) atoms. The average molecular weight is 484 g/mol. The highest BCUT2D eigenvalue weighted by atomic mass is 32.2. The standard InChI is InChI=1S/C23H20N2O8S/c1-31-20(27)11-19-24(18(26)13-34-19)7-3-9-33-23(30)14-5-6-16-17(10-14)22(29)25(21(16)28)12-15-4-2-8-32-15/h2,4-6,8,10-11H,3,7,9,12-13H2,1H3/b19-11+. The highest BCUT2D eigenvalue weighted by molar-refractivity contribution is 8.04. The second-order valence-electron chi connectivity index (χ2n) is 7.37. The van der Waals surface area contributed by atoms with Gasteiger partial charge in [-0.05, 0) is 36.8 Å². The third kappa shape index (κ3) is 4.74. The van der Waals surface area contributed by atoms with Gasteiger partial charge in [0, 0.05) is 6.54 Å². The molecular formula is C23H20N2O8S. The number of carbonyl (C=O) groups excluding carboxylic acids is 5. The van der Waals surface area contributed by atoms with Crippen molar-refractivity contribution < 1.29 is 37.9 Å². The molecule has 2 aromatic rings. The molecule has 1 aromatic carbocycles. The summed E-state index contributed by atoms with van der Waals surface area (Å²) in [6.45, 7) is 0.285. The van der Waals surface area contributed by atoms with Crippen LogP contribution in [0.3, 0.4) is 0 Å². The van der Waals surface area contributed by atoms with E-state index in [9.17, 15) is 24.0 Å². The number of methoxy groups -OCH3 is 1. The van der Waals surface area contributed by atoms with Crippen LogP contribution >= 0.6 is 11.8 Å². The average Bonchev–Trinajstić information content (AvgIpc) is 3.53. The van der Waals surface area contributed by atoms with E-state index in [0.29, 0.717) is 17.2 Å². The summed E-state index contributed by atoms with van der Waals surface area (Å²) in [5, 5.41) is 0.490. The monoisotopic (exact) mass is 484 g/mol. The minimum absolute atomic E-state index is 0.000947. The third-order valence-corrected chi connectivity index (χ3v) is 6.24. The van der Waals surface area contributed by atoms with Crippen LogP contribution in [-0.2, 0) is 25.6 Å². The Hall–Kier alpha value is -3.86. The first kappa shape index (κ1) is 23.3. The van der Waals surface area contributed by atoms with Crippen molar-refractivity contribution in [2.24, 2.45) is 0 Å². The van der Waals surface area contributed by atoms with E-state index >= 15 is 0 Å². The quantitative estimate of drug-likeness (QED) is 0.240. The van der Waals surface area contributed by atoms with Gasteiger partial charge in [-0.25, -0.2) is 9.59 Å². The van der Waals surface area contributed by atoms with Gasteiger partial charge in [0.25, 0.3) is 11.8 Å². The molecule has 0 atom stereocenters. The topological polar surface area (TPSA) is 123 Å². The summed E-state index contributed by atoms with van der Waals surface area (Å²) in [6, 6.07) is 7.53. The van der Waals surface area contributed by atoms with Gasteiger partial charge in [0.2, 0.25) is 5.91 Å². The second-order valence-corrected chi connectivity index (χ2v) is 8.36. The van der Waals surface area contributed by atoms with E-state index in [1.165, 1.54) is 54.3 Å². The number of amides is 3.